The molecule has 0 saturated carbocycles. The summed E-state index contributed by atoms with van der Waals surface area (Å²) in [6, 6.07) is 1.12. The van der Waals surface area contributed by atoms with Gasteiger partial charge in [-0.1, -0.05) is 0 Å². The lowest BCUT2D eigenvalue weighted by Crippen LogP contribution is -2.52. The topological polar surface area (TPSA) is 49.4 Å². The highest BCUT2D eigenvalue weighted by Crippen LogP contribution is 2.36. The van der Waals surface area contributed by atoms with E-state index in [-0.39, 0.29) is 25.0 Å². The Morgan fingerprint density at radius 3 is 2.50 bits per heavy atom. The first kappa shape index (κ1) is 19.1. The van der Waals surface area contributed by atoms with Crippen molar-refractivity contribution in [2.45, 2.75) is 24.0 Å². The zero-order valence-corrected chi connectivity index (χ0v) is 13.2. The summed E-state index contributed by atoms with van der Waals surface area (Å²) < 4.78 is 77.9. The van der Waals surface area contributed by atoms with E-state index in [0.29, 0.717) is 19.2 Å². The van der Waals surface area contributed by atoms with Crippen molar-refractivity contribution >= 4 is 22.4 Å². The average Bonchev–Trinajstić information content (AvgIpc) is 2.37. The standard InChI is InChI=1S/C12H14F4N2O2S.ClH/c1-8-7-17-4-5-18(8)21(19,20)11-3-2-9(13)6-10(11)12(14,15)16;/h2-3,6,8,17H,4-5,7H2,1H3;1H. The van der Waals surface area contributed by atoms with Gasteiger partial charge in [0.15, 0.2) is 0 Å². The van der Waals surface area contributed by atoms with Crippen LogP contribution in [0.5, 0.6) is 0 Å². The third-order valence-electron chi connectivity index (χ3n) is 3.27. The van der Waals surface area contributed by atoms with Crippen molar-refractivity contribution in [2.24, 2.45) is 0 Å². The van der Waals surface area contributed by atoms with Gasteiger partial charge in [0.2, 0.25) is 10.0 Å². The maximum Gasteiger partial charge on any atom is 0.417 e. The molecule has 1 aliphatic heterocycles. The Hall–Kier alpha value is -0.900. The van der Waals surface area contributed by atoms with E-state index in [1.807, 2.05) is 0 Å². The second-order valence-electron chi connectivity index (χ2n) is 4.81. The van der Waals surface area contributed by atoms with Crippen molar-refractivity contribution in [3.05, 3.63) is 29.6 Å². The van der Waals surface area contributed by atoms with Crippen LogP contribution in [0.3, 0.4) is 0 Å². The SMILES string of the molecule is CC1CNCCN1S(=O)(=O)c1ccc(F)cc1C(F)(F)F.Cl. The number of hydrogen-bond donors (Lipinski definition) is 1. The number of sulfonamides is 1. The molecule has 0 amide bonds. The Morgan fingerprint density at radius 1 is 1.32 bits per heavy atom. The van der Waals surface area contributed by atoms with E-state index < -0.39 is 38.5 Å². The van der Waals surface area contributed by atoms with Crippen molar-refractivity contribution in [3.63, 3.8) is 0 Å². The van der Waals surface area contributed by atoms with Gasteiger partial charge in [0.25, 0.3) is 0 Å². The number of rotatable bonds is 2. The van der Waals surface area contributed by atoms with E-state index in [4.69, 9.17) is 0 Å². The molecule has 126 valence electrons. The summed E-state index contributed by atoms with van der Waals surface area (Å²) >= 11 is 0. The lowest BCUT2D eigenvalue weighted by atomic mass is 10.2. The fraction of sp³-hybridized carbons (Fsp3) is 0.500. The lowest BCUT2D eigenvalue weighted by molar-refractivity contribution is -0.140. The van der Waals surface area contributed by atoms with Crippen LogP contribution in [0.1, 0.15) is 12.5 Å². The molecule has 0 radical (unpaired) electrons. The molecule has 1 unspecified atom stereocenters. The molecule has 22 heavy (non-hydrogen) atoms. The molecular formula is C12H15ClF4N2O2S. The van der Waals surface area contributed by atoms with Gasteiger partial charge in [-0.25, -0.2) is 12.8 Å². The first-order valence-electron chi connectivity index (χ1n) is 6.23. The second-order valence-corrected chi connectivity index (χ2v) is 6.67. The molecule has 1 aromatic carbocycles. The Labute approximate surface area is 132 Å². The van der Waals surface area contributed by atoms with Crippen molar-refractivity contribution in [2.75, 3.05) is 19.6 Å². The molecular weight excluding hydrogens is 348 g/mol. The normalized spacial score (nSPS) is 20.5. The number of hydrogen-bond acceptors (Lipinski definition) is 3. The first-order valence-corrected chi connectivity index (χ1v) is 7.67. The van der Waals surface area contributed by atoms with Crippen LogP contribution in [-0.4, -0.2) is 38.4 Å². The van der Waals surface area contributed by atoms with Gasteiger partial charge in [-0.15, -0.1) is 12.4 Å². The summed E-state index contributed by atoms with van der Waals surface area (Å²) in [4.78, 5) is -0.912. The van der Waals surface area contributed by atoms with E-state index in [9.17, 15) is 26.0 Å². The van der Waals surface area contributed by atoms with E-state index in [2.05, 4.69) is 5.32 Å². The van der Waals surface area contributed by atoms with Crippen LogP contribution in [0, 0.1) is 5.82 Å². The van der Waals surface area contributed by atoms with Crippen molar-refractivity contribution in [1.29, 1.82) is 0 Å². The fourth-order valence-corrected chi connectivity index (χ4v) is 4.08. The Kier molecular flexibility index (Phi) is 5.82. The van der Waals surface area contributed by atoms with Gasteiger partial charge in [-0.2, -0.15) is 17.5 Å². The lowest BCUT2D eigenvalue weighted by Gasteiger charge is -2.33. The molecule has 0 spiro atoms. The predicted octanol–water partition coefficient (Wildman–Crippen LogP) is 2.25. The average molecular weight is 363 g/mol. The molecule has 1 aromatic rings. The molecule has 4 nitrogen and oxygen atoms in total. The number of nitrogens with one attached hydrogen (secondary N) is 1. The zero-order valence-electron chi connectivity index (χ0n) is 11.5. The minimum absolute atomic E-state index is 0. The summed E-state index contributed by atoms with van der Waals surface area (Å²) in [6.45, 7) is 2.37. The fourth-order valence-electron chi connectivity index (χ4n) is 2.25. The van der Waals surface area contributed by atoms with Gasteiger partial charge in [0.1, 0.15) is 5.82 Å². The summed E-state index contributed by atoms with van der Waals surface area (Å²) in [7, 11) is -4.34. The Morgan fingerprint density at radius 2 is 1.95 bits per heavy atom. The molecule has 1 N–H and O–H groups in total. The highest BCUT2D eigenvalue weighted by atomic mass is 35.5. The van der Waals surface area contributed by atoms with Crippen LogP contribution >= 0.6 is 12.4 Å². The third-order valence-corrected chi connectivity index (χ3v) is 5.35. The number of halogens is 5. The molecule has 10 heteroatoms. The van der Waals surface area contributed by atoms with Crippen LogP contribution in [0.2, 0.25) is 0 Å². The van der Waals surface area contributed by atoms with E-state index >= 15 is 0 Å². The Balaban J connectivity index is 0.00000242. The van der Waals surface area contributed by atoms with Crippen LogP contribution in [-0.2, 0) is 16.2 Å². The van der Waals surface area contributed by atoms with Crippen molar-refractivity contribution in [1.82, 2.24) is 9.62 Å². The number of alkyl halides is 3. The summed E-state index contributed by atoms with van der Waals surface area (Å²) in [5, 5.41) is 2.95. The maximum absolute atomic E-state index is 13.1. The highest BCUT2D eigenvalue weighted by molar-refractivity contribution is 7.89. The minimum atomic E-state index is -4.94. The zero-order chi connectivity index (χ0) is 15.8. The predicted molar refractivity (Wildman–Crippen MR) is 74.9 cm³/mol. The van der Waals surface area contributed by atoms with Gasteiger partial charge in [0, 0.05) is 25.7 Å². The molecule has 1 saturated heterocycles. The summed E-state index contributed by atoms with van der Waals surface area (Å²) in [5.41, 5.74) is -1.48. The molecule has 1 heterocycles. The molecule has 1 fully saturated rings. The van der Waals surface area contributed by atoms with Crippen LogP contribution in [0.25, 0.3) is 0 Å². The quantitative estimate of drug-likeness (QED) is 0.821. The van der Waals surface area contributed by atoms with E-state index in [0.717, 1.165) is 10.4 Å². The van der Waals surface area contributed by atoms with Crippen molar-refractivity contribution in [3.8, 4) is 0 Å². The second kappa shape index (κ2) is 6.69. The number of nitrogens with zero attached hydrogens (tertiary/aromatic N) is 1. The Bertz CT molecular complexity index is 637. The smallest absolute Gasteiger partial charge is 0.314 e. The van der Waals surface area contributed by atoms with Gasteiger partial charge in [0.05, 0.1) is 10.5 Å². The minimum Gasteiger partial charge on any atom is -0.314 e. The highest BCUT2D eigenvalue weighted by Gasteiger charge is 2.40. The molecule has 0 aliphatic carbocycles. The molecule has 2 rings (SSSR count). The van der Waals surface area contributed by atoms with E-state index in [1.54, 1.807) is 6.92 Å². The van der Waals surface area contributed by atoms with Crippen molar-refractivity contribution < 1.29 is 26.0 Å². The monoisotopic (exact) mass is 362 g/mol. The largest absolute Gasteiger partial charge is 0.417 e. The van der Waals surface area contributed by atoms with Crippen LogP contribution in [0.4, 0.5) is 17.6 Å². The van der Waals surface area contributed by atoms with Gasteiger partial charge in [-0.3, -0.25) is 0 Å². The van der Waals surface area contributed by atoms with Crippen LogP contribution in [0.15, 0.2) is 23.1 Å². The molecule has 0 bridgehead atoms. The third kappa shape index (κ3) is 3.70. The van der Waals surface area contributed by atoms with Gasteiger partial charge < -0.3 is 5.32 Å². The molecule has 1 aliphatic rings. The maximum atomic E-state index is 13.1. The summed E-state index contributed by atoms with van der Waals surface area (Å²) in [6.07, 6.45) is -4.94. The van der Waals surface area contributed by atoms with E-state index in [1.165, 1.54) is 0 Å². The summed E-state index contributed by atoms with van der Waals surface area (Å²) in [5.74, 6) is -1.13. The number of piperazine rings is 1. The number of benzene rings is 1. The molecule has 1 atom stereocenters. The van der Waals surface area contributed by atoms with Gasteiger partial charge >= 0.3 is 6.18 Å². The van der Waals surface area contributed by atoms with Gasteiger partial charge in [-0.05, 0) is 25.1 Å². The molecule has 0 aromatic heterocycles. The first-order chi connectivity index (χ1) is 9.64. The van der Waals surface area contributed by atoms with Crippen LogP contribution < -0.4 is 5.32 Å².